The molecule has 0 aliphatic carbocycles. The van der Waals surface area contributed by atoms with Crippen LogP contribution >= 0.6 is 0 Å². The third-order valence-electron chi connectivity index (χ3n) is 7.17. The van der Waals surface area contributed by atoms with Crippen LogP contribution in [-0.2, 0) is 19.8 Å². The Morgan fingerprint density at radius 2 is 1.59 bits per heavy atom. The second kappa shape index (κ2) is 7.76. The first-order chi connectivity index (χ1) is 15.4. The van der Waals surface area contributed by atoms with E-state index in [1.54, 1.807) is 9.80 Å². The highest BCUT2D eigenvalue weighted by Crippen LogP contribution is 2.46. The fourth-order valence-corrected chi connectivity index (χ4v) is 5.44. The van der Waals surface area contributed by atoms with E-state index in [1.807, 2.05) is 61.2 Å². The molecule has 3 amide bonds. The summed E-state index contributed by atoms with van der Waals surface area (Å²) in [4.78, 5) is 45.3. The molecule has 2 aromatic rings. The van der Waals surface area contributed by atoms with E-state index < -0.39 is 5.41 Å². The molecule has 0 aromatic heterocycles. The summed E-state index contributed by atoms with van der Waals surface area (Å²) < 4.78 is 0. The Morgan fingerprint density at radius 1 is 0.938 bits per heavy atom. The number of amides is 3. The van der Waals surface area contributed by atoms with Crippen molar-refractivity contribution in [1.29, 1.82) is 0 Å². The van der Waals surface area contributed by atoms with Gasteiger partial charge in [-0.3, -0.25) is 14.4 Å². The van der Waals surface area contributed by atoms with Crippen molar-refractivity contribution in [1.82, 2.24) is 9.80 Å². The van der Waals surface area contributed by atoms with E-state index in [-0.39, 0.29) is 36.9 Å². The molecule has 0 bridgehead atoms. The van der Waals surface area contributed by atoms with Crippen LogP contribution in [0, 0.1) is 0 Å². The standard InChI is InChI=1S/C26H29N3O3/c1-26(2)20-12-6-4-10-18(20)24-19-11-5-7-13-21(19)28(23(31)17-29(24)25(26)32)16-22(30)27-14-8-3-9-15-27/h4-7,10-13,24H,3,8-9,14-17H2,1-2H3. The summed E-state index contributed by atoms with van der Waals surface area (Å²) in [5, 5.41) is 0. The van der Waals surface area contributed by atoms with Crippen LogP contribution in [-0.4, -0.2) is 53.7 Å². The smallest absolute Gasteiger partial charge is 0.247 e. The maximum absolute atomic E-state index is 13.6. The Labute approximate surface area is 188 Å². The minimum atomic E-state index is -0.721. The van der Waals surface area contributed by atoms with Crippen molar-refractivity contribution in [2.24, 2.45) is 0 Å². The van der Waals surface area contributed by atoms with E-state index in [2.05, 4.69) is 6.07 Å². The minimum Gasteiger partial charge on any atom is -0.341 e. The molecule has 1 unspecified atom stereocenters. The number of likely N-dealkylation sites (tertiary alicyclic amines) is 1. The summed E-state index contributed by atoms with van der Waals surface area (Å²) in [5.74, 6) is -0.304. The number of carbonyl (C=O) groups excluding carboxylic acids is 3. The molecule has 166 valence electrons. The normalized spacial score (nSPS) is 22.1. The van der Waals surface area contributed by atoms with Crippen LogP contribution in [0.2, 0.25) is 0 Å². The van der Waals surface area contributed by atoms with Crippen LogP contribution in [0.25, 0.3) is 0 Å². The van der Waals surface area contributed by atoms with E-state index in [1.165, 1.54) is 0 Å². The maximum atomic E-state index is 13.6. The van der Waals surface area contributed by atoms with E-state index in [9.17, 15) is 14.4 Å². The largest absolute Gasteiger partial charge is 0.341 e. The SMILES string of the molecule is CC1(C)C(=O)N2CC(=O)N(CC(=O)N3CCCCC3)c3ccccc3C2c2ccccc21. The summed E-state index contributed by atoms with van der Waals surface area (Å²) in [6, 6.07) is 15.4. The summed E-state index contributed by atoms with van der Waals surface area (Å²) in [5.41, 5.74) is 2.92. The number of hydrogen-bond donors (Lipinski definition) is 0. The van der Waals surface area contributed by atoms with Gasteiger partial charge in [0.2, 0.25) is 17.7 Å². The van der Waals surface area contributed by atoms with E-state index in [0.29, 0.717) is 0 Å². The highest BCUT2D eigenvalue weighted by molar-refractivity contribution is 6.04. The van der Waals surface area contributed by atoms with E-state index in [0.717, 1.165) is 54.7 Å². The highest BCUT2D eigenvalue weighted by Gasteiger charge is 2.48. The number of nitrogens with zero attached hydrogens (tertiary/aromatic N) is 3. The van der Waals surface area contributed by atoms with Gasteiger partial charge in [-0.25, -0.2) is 0 Å². The molecule has 3 aliphatic heterocycles. The molecule has 1 atom stereocenters. The van der Waals surface area contributed by atoms with Gasteiger partial charge in [-0.05, 0) is 50.3 Å². The van der Waals surface area contributed by atoms with Gasteiger partial charge in [0.05, 0.1) is 11.5 Å². The summed E-state index contributed by atoms with van der Waals surface area (Å²) >= 11 is 0. The molecule has 1 saturated heterocycles. The van der Waals surface area contributed by atoms with Gasteiger partial charge in [0.25, 0.3) is 0 Å². The zero-order valence-corrected chi connectivity index (χ0v) is 18.7. The average molecular weight is 432 g/mol. The van der Waals surface area contributed by atoms with Crippen molar-refractivity contribution >= 4 is 23.4 Å². The highest BCUT2D eigenvalue weighted by atomic mass is 16.2. The molecule has 3 aliphatic rings. The molecule has 32 heavy (non-hydrogen) atoms. The molecular weight excluding hydrogens is 402 g/mol. The Bertz CT molecular complexity index is 1090. The molecule has 6 nitrogen and oxygen atoms in total. The van der Waals surface area contributed by atoms with Crippen LogP contribution in [0.1, 0.15) is 55.8 Å². The van der Waals surface area contributed by atoms with Gasteiger partial charge in [-0.15, -0.1) is 0 Å². The predicted octanol–water partition coefficient (Wildman–Crippen LogP) is 3.25. The summed E-state index contributed by atoms with van der Waals surface area (Å²) in [7, 11) is 0. The number of benzene rings is 2. The van der Waals surface area contributed by atoms with Gasteiger partial charge >= 0.3 is 0 Å². The van der Waals surface area contributed by atoms with Crippen molar-refractivity contribution in [3.63, 3.8) is 0 Å². The first-order valence-corrected chi connectivity index (χ1v) is 11.5. The lowest BCUT2D eigenvalue weighted by atomic mass is 9.73. The zero-order valence-electron chi connectivity index (χ0n) is 18.7. The first-order valence-electron chi connectivity index (χ1n) is 11.5. The van der Waals surface area contributed by atoms with Crippen LogP contribution in [0.5, 0.6) is 0 Å². The van der Waals surface area contributed by atoms with Crippen molar-refractivity contribution in [3.05, 3.63) is 65.2 Å². The number of carbonyl (C=O) groups is 3. The predicted molar refractivity (Wildman–Crippen MR) is 122 cm³/mol. The number of anilines is 1. The molecule has 1 fully saturated rings. The average Bonchev–Trinajstić information content (AvgIpc) is 2.93. The number of para-hydroxylation sites is 1. The topological polar surface area (TPSA) is 60.9 Å². The molecule has 0 spiro atoms. The monoisotopic (exact) mass is 431 g/mol. The Hall–Kier alpha value is -3.15. The third kappa shape index (κ3) is 3.20. The summed E-state index contributed by atoms with van der Waals surface area (Å²) in [6.45, 7) is 5.31. The molecule has 0 N–H and O–H groups in total. The first kappa shape index (κ1) is 20.7. The second-order valence-electron chi connectivity index (χ2n) is 9.53. The lowest BCUT2D eigenvalue weighted by Gasteiger charge is -2.43. The summed E-state index contributed by atoms with van der Waals surface area (Å²) in [6.07, 6.45) is 3.15. The van der Waals surface area contributed by atoms with Crippen LogP contribution in [0.4, 0.5) is 5.69 Å². The van der Waals surface area contributed by atoms with E-state index >= 15 is 0 Å². The Balaban J connectivity index is 1.60. The fourth-order valence-electron chi connectivity index (χ4n) is 5.44. The van der Waals surface area contributed by atoms with Gasteiger partial charge in [-0.2, -0.15) is 0 Å². The molecule has 5 rings (SSSR count). The van der Waals surface area contributed by atoms with Gasteiger partial charge in [0, 0.05) is 24.3 Å². The van der Waals surface area contributed by atoms with E-state index in [4.69, 9.17) is 0 Å². The van der Waals surface area contributed by atoms with Gasteiger partial charge in [0.15, 0.2) is 0 Å². The Kier molecular flexibility index (Phi) is 5.03. The molecule has 0 saturated carbocycles. The van der Waals surface area contributed by atoms with Crippen molar-refractivity contribution in [3.8, 4) is 0 Å². The number of piperidine rings is 1. The molecule has 3 heterocycles. The van der Waals surface area contributed by atoms with Crippen LogP contribution in [0.15, 0.2) is 48.5 Å². The van der Waals surface area contributed by atoms with Crippen LogP contribution < -0.4 is 4.90 Å². The number of hydrogen-bond acceptors (Lipinski definition) is 3. The minimum absolute atomic E-state index is 0.00956. The van der Waals surface area contributed by atoms with Crippen LogP contribution in [0.3, 0.4) is 0 Å². The number of rotatable bonds is 2. The fraction of sp³-hybridized carbons (Fsp3) is 0.423. The molecular formula is C26H29N3O3. The third-order valence-corrected chi connectivity index (χ3v) is 7.17. The van der Waals surface area contributed by atoms with Gasteiger partial charge in [-0.1, -0.05) is 42.5 Å². The second-order valence-corrected chi connectivity index (χ2v) is 9.53. The van der Waals surface area contributed by atoms with Crippen molar-refractivity contribution in [2.75, 3.05) is 31.1 Å². The van der Waals surface area contributed by atoms with Crippen molar-refractivity contribution in [2.45, 2.75) is 44.6 Å². The lowest BCUT2D eigenvalue weighted by molar-refractivity contribution is -0.142. The number of fused-ring (bicyclic) bond motifs is 5. The molecule has 6 heteroatoms. The van der Waals surface area contributed by atoms with Crippen molar-refractivity contribution < 1.29 is 14.4 Å². The maximum Gasteiger partial charge on any atom is 0.247 e. The zero-order chi connectivity index (χ0) is 22.5. The van der Waals surface area contributed by atoms with Gasteiger partial charge < -0.3 is 14.7 Å². The quantitative estimate of drug-likeness (QED) is 0.733. The Morgan fingerprint density at radius 3 is 2.34 bits per heavy atom. The molecule has 2 aromatic carbocycles. The van der Waals surface area contributed by atoms with Gasteiger partial charge in [0.1, 0.15) is 13.1 Å². The molecule has 0 radical (unpaired) electrons. The lowest BCUT2D eigenvalue weighted by Crippen LogP contribution is -2.52.